The van der Waals surface area contributed by atoms with E-state index in [-0.39, 0.29) is 23.9 Å². The average Bonchev–Trinajstić information content (AvgIpc) is 2.56. The number of hydrogen-bond acceptors (Lipinski definition) is 4. The van der Waals surface area contributed by atoms with Gasteiger partial charge in [-0.15, -0.1) is 0 Å². The highest BCUT2D eigenvalue weighted by Gasteiger charge is 2.12. The largest absolute Gasteiger partial charge is 0.493 e. The molecule has 2 aromatic carbocycles. The van der Waals surface area contributed by atoms with Crippen LogP contribution in [0.1, 0.15) is 16.7 Å². The maximum absolute atomic E-state index is 12.3. The van der Waals surface area contributed by atoms with Crippen molar-refractivity contribution >= 4 is 5.84 Å². The van der Waals surface area contributed by atoms with Crippen LogP contribution in [0.3, 0.4) is 0 Å². The van der Waals surface area contributed by atoms with Gasteiger partial charge in [-0.2, -0.15) is 8.78 Å². The Bertz CT molecular complexity index is 721. The molecule has 128 valence electrons. The van der Waals surface area contributed by atoms with Gasteiger partial charge in [0.05, 0.1) is 7.11 Å². The lowest BCUT2D eigenvalue weighted by molar-refractivity contribution is -0.0512. The summed E-state index contributed by atoms with van der Waals surface area (Å²) in [5, 5.41) is 3.85. The summed E-state index contributed by atoms with van der Waals surface area (Å²) in [4.78, 5) is 5.26. The normalized spacial score (nSPS) is 11.5. The number of nitrogens with two attached hydrogens (primary N) is 1. The lowest BCUT2D eigenvalue weighted by Crippen LogP contribution is -2.14. The monoisotopic (exact) mass is 336 g/mol. The van der Waals surface area contributed by atoms with Crippen LogP contribution in [-0.2, 0) is 11.4 Å². The molecule has 0 bridgehead atoms. The van der Waals surface area contributed by atoms with Crippen molar-refractivity contribution in [2.45, 2.75) is 20.1 Å². The molecule has 0 fully saturated rings. The van der Waals surface area contributed by atoms with Crippen LogP contribution in [0.15, 0.2) is 47.6 Å². The first-order chi connectivity index (χ1) is 11.5. The molecule has 0 aliphatic carbocycles. The Kier molecular flexibility index (Phi) is 5.95. The van der Waals surface area contributed by atoms with Gasteiger partial charge in [-0.25, -0.2) is 0 Å². The fourth-order valence-corrected chi connectivity index (χ4v) is 2.02. The molecule has 0 aliphatic heterocycles. The number of nitrogens with zero attached hydrogens (tertiary/aromatic N) is 1. The first kappa shape index (κ1) is 17.5. The number of oxime groups is 1. The number of alkyl halides is 2. The smallest absolute Gasteiger partial charge is 0.387 e. The molecule has 24 heavy (non-hydrogen) atoms. The minimum Gasteiger partial charge on any atom is -0.493 e. The van der Waals surface area contributed by atoms with Gasteiger partial charge in [0.15, 0.2) is 17.3 Å². The molecule has 0 heterocycles. The first-order valence-electron chi connectivity index (χ1n) is 7.14. The van der Waals surface area contributed by atoms with Crippen LogP contribution in [0, 0.1) is 6.92 Å². The maximum Gasteiger partial charge on any atom is 0.387 e. The number of hydrogen-bond donors (Lipinski definition) is 1. The molecule has 0 saturated heterocycles. The van der Waals surface area contributed by atoms with Crippen molar-refractivity contribution in [3.05, 3.63) is 59.2 Å². The molecule has 0 aromatic heterocycles. The van der Waals surface area contributed by atoms with E-state index in [1.54, 1.807) is 0 Å². The maximum atomic E-state index is 12.3. The number of methoxy groups -OCH3 is 1. The summed E-state index contributed by atoms with van der Waals surface area (Å²) in [5.74, 6) is 0.153. The van der Waals surface area contributed by atoms with Crippen LogP contribution in [0.4, 0.5) is 8.78 Å². The van der Waals surface area contributed by atoms with Gasteiger partial charge in [-0.1, -0.05) is 29.4 Å². The summed E-state index contributed by atoms with van der Waals surface area (Å²) in [6.45, 7) is -0.691. The van der Waals surface area contributed by atoms with Crippen LogP contribution in [0.5, 0.6) is 11.5 Å². The molecule has 2 aromatic rings. The molecule has 0 aliphatic rings. The fraction of sp³-hybridized carbons (Fsp3) is 0.235. The third-order valence-corrected chi connectivity index (χ3v) is 3.32. The van der Waals surface area contributed by atoms with Crippen LogP contribution in [-0.4, -0.2) is 19.6 Å². The second kappa shape index (κ2) is 8.14. The molecule has 5 nitrogen and oxygen atoms in total. The number of amidine groups is 1. The highest BCUT2D eigenvalue weighted by atomic mass is 19.3. The van der Waals surface area contributed by atoms with E-state index in [4.69, 9.17) is 15.3 Å². The van der Waals surface area contributed by atoms with E-state index in [2.05, 4.69) is 9.89 Å². The summed E-state index contributed by atoms with van der Waals surface area (Å²) in [5.41, 5.74) is 8.40. The Balaban J connectivity index is 2.08. The highest BCUT2D eigenvalue weighted by Crippen LogP contribution is 2.29. The minimum absolute atomic E-state index is 0.0788. The topological polar surface area (TPSA) is 66.1 Å². The second-order valence-electron chi connectivity index (χ2n) is 4.92. The Labute approximate surface area is 138 Å². The summed E-state index contributed by atoms with van der Waals surface area (Å²) >= 11 is 0. The number of ether oxygens (including phenoxy) is 2. The summed E-state index contributed by atoms with van der Waals surface area (Å²) < 4.78 is 34.0. The number of aryl methyl sites for hydroxylation is 1. The van der Waals surface area contributed by atoms with E-state index in [0.717, 1.165) is 11.1 Å². The van der Waals surface area contributed by atoms with Crippen molar-refractivity contribution in [1.29, 1.82) is 0 Å². The van der Waals surface area contributed by atoms with Crippen molar-refractivity contribution in [3.63, 3.8) is 0 Å². The van der Waals surface area contributed by atoms with E-state index in [0.29, 0.717) is 5.56 Å². The first-order valence-corrected chi connectivity index (χ1v) is 7.14. The zero-order chi connectivity index (χ0) is 17.5. The summed E-state index contributed by atoms with van der Waals surface area (Å²) in [6, 6.07) is 12.0. The van der Waals surface area contributed by atoms with E-state index < -0.39 is 6.61 Å². The molecule has 0 atom stereocenters. The SMILES string of the molecule is COc1cc(C(N)=NOCc2ccccc2C)ccc1OC(F)F. The molecular weight excluding hydrogens is 318 g/mol. The van der Waals surface area contributed by atoms with Gasteiger partial charge in [-0.05, 0) is 36.2 Å². The third kappa shape index (κ3) is 4.58. The van der Waals surface area contributed by atoms with Crippen LogP contribution in [0.2, 0.25) is 0 Å². The summed E-state index contributed by atoms with van der Waals surface area (Å²) in [7, 11) is 1.35. The van der Waals surface area contributed by atoms with Gasteiger partial charge in [-0.3, -0.25) is 0 Å². The molecule has 0 radical (unpaired) electrons. The minimum atomic E-state index is -2.94. The van der Waals surface area contributed by atoms with E-state index in [1.807, 2.05) is 31.2 Å². The second-order valence-corrected chi connectivity index (χ2v) is 4.92. The van der Waals surface area contributed by atoms with Gasteiger partial charge < -0.3 is 20.0 Å². The molecule has 7 heteroatoms. The summed E-state index contributed by atoms with van der Waals surface area (Å²) in [6.07, 6.45) is 0. The van der Waals surface area contributed by atoms with E-state index >= 15 is 0 Å². The van der Waals surface area contributed by atoms with E-state index in [9.17, 15) is 8.78 Å². The Hall–Kier alpha value is -2.83. The van der Waals surface area contributed by atoms with Gasteiger partial charge in [0.2, 0.25) is 0 Å². The number of benzene rings is 2. The fourth-order valence-electron chi connectivity index (χ4n) is 2.02. The molecule has 0 saturated carbocycles. The highest BCUT2D eigenvalue weighted by molar-refractivity contribution is 5.97. The van der Waals surface area contributed by atoms with Crippen LogP contribution < -0.4 is 15.2 Å². The Morgan fingerprint density at radius 1 is 1.17 bits per heavy atom. The van der Waals surface area contributed by atoms with Crippen molar-refractivity contribution in [1.82, 2.24) is 0 Å². The Morgan fingerprint density at radius 3 is 2.58 bits per heavy atom. The number of rotatable bonds is 7. The molecular formula is C17H18F2N2O3. The molecule has 0 spiro atoms. The third-order valence-electron chi connectivity index (χ3n) is 3.32. The van der Waals surface area contributed by atoms with Crippen LogP contribution >= 0.6 is 0 Å². The molecule has 2 rings (SSSR count). The van der Waals surface area contributed by atoms with Crippen molar-refractivity contribution in [2.75, 3.05) is 7.11 Å². The molecule has 0 unspecified atom stereocenters. The van der Waals surface area contributed by atoms with Gasteiger partial charge in [0, 0.05) is 5.56 Å². The van der Waals surface area contributed by atoms with Gasteiger partial charge >= 0.3 is 6.61 Å². The van der Waals surface area contributed by atoms with E-state index in [1.165, 1.54) is 25.3 Å². The lowest BCUT2D eigenvalue weighted by atomic mass is 10.1. The predicted octanol–water partition coefficient (Wildman–Crippen LogP) is 3.44. The molecule has 2 N–H and O–H groups in total. The lowest BCUT2D eigenvalue weighted by Gasteiger charge is -2.11. The van der Waals surface area contributed by atoms with Crippen molar-refractivity contribution in [2.24, 2.45) is 10.9 Å². The average molecular weight is 336 g/mol. The zero-order valence-corrected chi connectivity index (χ0v) is 13.3. The van der Waals surface area contributed by atoms with Crippen LogP contribution in [0.25, 0.3) is 0 Å². The van der Waals surface area contributed by atoms with Gasteiger partial charge in [0.25, 0.3) is 0 Å². The van der Waals surface area contributed by atoms with Crippen molar-refractivity contribution in [3.8, 4) is 11.5 Å². The standard InChI is InChI=1S/C17H18F2N2O3/c1-11-5-3-4-6-13(11)10-23-21-16(20)12-7-8-14(24-17(18)19)15(9-12)22-2/h3-9,17H,10H2,1-2H3,(H2,20,21). The molecule has 0 amide bonds. The Morgan fingerprint density at radius 2 is 1.92 bits per heavy atom. The predicted molar refractivity (Wildman–Crippen MR) is 86.3 cm³/mol. The number of halogens is 2. The quantitative estimate of drug-likeness (QED) is 0.478. The van der Waals surface area contributed by atoms with Crippen molar-refractivity contribution < 1.29 is 23.1 Å². The van der Waals surface area contributed by atoms with Gasteiger partial charge in [0.1, 0.15) is 6.61 Å². The zero-order valence-electron chi connectivity index (χ0n) is 13.3.